The second-order valence-electron chi connectivity index (χ2n) is 7.77. The number of benzene rings is 1. The number of nitrogens with one attached hydrogen (secondary N) is 1. The van der Waals surface area contributed by atoms with Crippen LogP contribution in [0.15, 0.2) is 46.7 Å². The van der Waals surface area contributed by atoms with Gasteiger partial charge in [0.05, 0.1) is 43.9 Å². The van der Waals surface area contributed by atoms with Crippen molar-refractivity contribution in [1.29, 1.82) is 0 Å². The van der Waals surface area contributed by atoms with Crippen LogP contribution >= 0.6 is 11.3 Å². The third-order valence-electron chi connectivity index (χ3n) is 5.77. The molecule has 10 heteroatoms. The van der Waals surface area contributed by atoms with Gasteiger partial charge in [0.15, 0.2) is 5.78 Å². The normalized spacial score (nSPS) is 19.6. The number of hydrogen-bond acceptors (Lipinski definition) is 8. The highest BCUT2D eigenvalue weighted by Crippen LogP contribution is 2.25. The lowest BCUT2D eigenvalue weighted by molar-refractivity contribution is 0.0169. The van der Waals surface area contributed by atoms with Gasteiger partial charge in [-0.05, 0) is 23.6 Å². The lowest BCUT2D eigenvalue weighted by Crippen LogP contribution is -2.43. The molecule has 2 aliphatic heterocycles. The molecular formula is C22H29N3O5S2. The zero-order valence-corrected chi connectivity index (χ0v) is 19.6. The van der Waals surface area contributed by atoms with Crippen molar-refractivity contribution in [2.24, 2.45) is 0 Å². The molecule has 1 atom stereocenters. The fraction of sp³-hybridized carbons (Fsp3) is 0.500. The third-order valence-corrected chi connectivity index (χ3v) is 8.65. The van der Waals surface area contributed by atoms with E-state index in [1.165, 1.54) is 21.3 Å². The maximum atomic E-state index is 12.7. The van der Waals surface area contributed by atoms with Crippen molar-refractivity contribution in [3.05, 3.63) is 52.2 Å². The summed E-state index contributed by atoms with van der Waals surface area (Å²) < 4.78 is 37.6. The minimum Gasteiger partial charge on any atom is -0.379 e. The van der Waals surface area contributed by atoms with Crippen LogP contribution in [0.1, 0.15) is 21.3 Å². The van der Waals surface area contributed by atoms with E-state index in [1.54, 1.807) is 23.5 Å². The maximum absolute atomic E-state index is 12.7. The second kappa shape index (κ2) is 11.0. The number of Topliss-reactive ketones (excluding diaryl/α,β-unsaturated/α-hetero) is 1. The number of morpholine rings is 2. The number of ether oxygens (including phenoxy) is 2. The molecule has 0 spiro atoms. The van der Waals surface area contributed by atoms with Crippen LogP contribution < -0.4 is 5.32 Å². The molecule has 0 aliphatic carbocycles. The zero-order valence-electron chi connectivity index (χ0n) is 17.9. The number of nitrogens with zero attached hydrogens (tertiary/aromatic N) is 2. The van der Waals surface area contributed by atoms with Crippen molar-refractivity contribution in [2.75, 3.05) is 65.7 Å². The fourth-order valence-corrected chi connectivity index (χ4v) is 6.22. The van der Waals surface area contributed by atoms with Gasteiger partial charge in [-0.1, -0.05) is 18.2 Å². The Morgan fingerprint density at radius 1 is 1.00 bits per heavy atom. The molecule has 0 radical (unpaired) electrons. The van der Waals surface area contributed by atoms with Gasteiger partial charge >= 0.3 is 0 Å². The van der Waals surface area contributed by atoms with E-state index >= 15 is 0 Å². The topological polar surface area (TPSA) is 88.2 Å². The summed E-state index contributed by atoms with van der Waals surface area (Å²) >= 11 is 1.72. The number of sulfonamides is 1. The van der Waals surface area contributed by atoms with Gasteiger partial charge < -0.3 is 14.8 Å². The monoisotopic (exact) mass is 479 g/mol. The van der Waals surface area contributed by atoms with Gasteiger partial charge in [-0.25, -0.2) is 8.42 Å². The summed E-state index contributed by atoms with van der Waals surface area (Å²) in [7, 11) is -3.56. The summed E-state index contributed by atoms with van der Waals surface area (Å²) in [5, 5.41) is 5.37. The van der Waals surface area contributed by atoms with Crippen LogP contribution in [-0.2, 0) is 19.5 Å². The molecule has 0 amide bonds. The fourth-order valence-electron chi connectivity index (χ4n) is 3.95. The highest BCUT2D eigenvalue weighted by molar-refractivity contribution is 7.89. The Morgan fingerprint density at radius 3 is 2.28 bits per heavy atom. The van der Waals surface area contributed by atoms with E-state index in [9.17, 15) is 13.2 Å². The summed E-state index contributed by atoms with van der Waals surface area (Å²) in [5.74, 6) is -0.0628. The molecule has 2 aromatic rings. The largest absolute Gasteiger partial charge is 0.379 e. The summed E-state index contributed by atoms with van der Waals surface area (Å²) in [6.07, 6.45) is 0. The Bertz CT molecular complexity index is 968. The summed E-state index contributed by atoms with van der Waals surface area (Å²) in [6.45, 7) is 5.55. The molecule has 0 bridgehead atoms. The standard InChI is InChI=1S/C22H29N3O5S2/c26-21(17-23-16-20(22-2-1-15-31-22)24-7-11-29-12-8-24)18-3-5-19(6-4-18)32(27,28)25-9-13-30-14-10-25/h1-6,15,20,23H,7-14,16-17H2. The molecule has 1 aromatic carbocycles. The van der Waals surface area contributed by atoms with Gasteiger partial charge in [-0.3, -0.25) is 9.69 Å². The first-order valence-corrected chi connectivity index (χ1v) is 13.1. The van der Waals surface area contributed by atoms with E-state index in [0.717, 1.165) is 26.3 Å². The van der Waals surface area contributed by atoms with Gasteiger partial charge in [0, 0.05) is 43.2 Å². The van der Waals surface area contributed by atoms with Gasteiger partial charge in [0.2, 0.25) is 10.0 Å². The summed E-state index contributed by atoms with van der Waals surface area (Å²) in [6, 6.07) is 10.6. The minimum absolute atomic E-state index is 0.0628. The quantitative estimate of drug-likeness (QED) is 0.547. The first-order valence-electron chi connectivity index (χ1n) is 10.8. The highest BCUT2D eigenvalue weighted by atomic mass is 32.2. The molecule has 2 saturated heterocycles. The van der Waals surface area contributed by atoms with Crippen LogP contribution in [0.25, 0.3) is 0 Å². The highest BCUT2D eigenvalue weighted by Gasteiger charge is 2.27. The van der Waals surface area contributed by atoms with Crippen molar-refractivity contribution in [3.8, 4) is 0 Å². The number of thiophene rings is 1. The van der Waals surface area contributed by atoms with Crippen LogP contribution in [0.3, 0.4) is 0 Å². The van der Waals surface area contributed by atoms with Gasteiger partial charge in [-0.15, -0.1) is 11.3 Å². The average molecular weight is 480 g/mol. The Morgan fingerprint density at radius 2 is 1.66 bits per heavy atom. The molecule has 2 fully saturated rings. The summed E-state index contributed by atoms with van der Waals surface area (Å²) in [4.78, 5) is 16.5. The number of carbonyl (C=O) groups excluding carboxylic acids is 1. The van der Waals surface area contributed by atoms with Crippen LogP contribution in [-0.4, -0.2) is 89.1 Å². The van der Waals surface area contributed by atoms with Crippen LogP contribution in [0.5, 0.6) is 0 Å². The summed E-state index contributed by atoms with van der Waals surface area (Å²) in [5.41, 5.74) is 0.498. The van der Waals surface area contributed by atoms with Crippen LogP contribution in [0, 0.1) is 0 Å². The number of ketones is 1. The molecule has 8 nitrogen and oxygen atoms in total. The lowest BCUT2D eigenvalue weighted by atomic mass is 10.1. The van der Waals surface area contributed by atoms with E-state index in [4.69, 9.17) is 9.47 Å². The van der Waals surface area contributed by atoms with Gasteiger partial charge in [-0.2, -0.15) is 4.31 Å². The maximum Gasteiger partial charge on any atom is 0.243 e. The van der Waals surface area contributed by atoms with Crippen molar-refractivity contribution in [3.63, 3.8) is 0 Å². The third kappa shape index (κ3) is 5.63. The second-order valence-corrected chi connectivity index (χ2v) is 10.7. The zero-order chi connectivity index (χ0) is 22.4. The Labute approximate surface area is 193 Å². The minimum atomic E-state index is -3.56. The van der Waals surface area contributed by atoms with Crippen LogP contribution in [0.4, 0.5) is 0 Å². The Hall–Kier alpha value is -1.66. The van der Waals surface area contributed by atoms with Crippen molar-refractivity contribution >= 4 is 27.1 Å². The van der Waals surface area contributed by atoms with Crippen LogP contribution in [0.2, 0.25) is 0 Å². The molecule has 174 valence electrons. The molecule has 1 unspecified atom stereocenters. The number of rotatable bonds is 9. The molecule has 2 aliphatic rings. The first-order chi connectivity index (χ1) is 15.6. The van der Waals surface area contributed by atoms with Crippen molar-refractivity contribution in [2.45, 2.75) is 10.9 Å². The van der Waals surface area contributed by atoms with Crippen molar-refractivity contribution < 1.29 is 22.7 Å². The Balaban J connectivity index is 1.34. The molecule has 1 aromatic heterocycles. The molecular weight excluding hydrogens is 450 g/mol. The van der Waals surface area contributed by atoms with E-state index in [1.807, 2.05) is 6.07 Å². The molecule has 3 heterocycles. The van der Waals surface area contributed by atoms with Gasteiger partial charge in [0.25, 0.3) is 0 Å². The predicted molar refractivity (Wildman–Crippen MR) is 123 cm³/mol. The number of carbonyl (C=O) groups is 1. The molecule has 1 N–H and O–H groups in total. The van der Waals surface area contributed by atoms with E-state index in [-0.39, 0.29) is 23.3 Å². The Kier molecular flexibility index (Phi) is 8.06. The molecule has 0 saturated carbocycles. The molecule has 4 rings (SSSR count). The number of hydrogen-bond donors (Lipinski definition) is 1. The van der Waals surface area contributed by atoms with E-state index in [0.29, 0.717) is 38.4 Å². The predicted octanol–water partition coefficient (Wildman–Crippen LogP) is 1.61. The average Bonchev–Trinajstić information content (AvgIpc) is 3.37. The van der Waals surface area contributed by atoms with Crippen molar-refractivity contribution in [1.82, 2.24) is 14.5 Å². The SMILES string of the molecule is O=C(CNCC(c1cccs1)N1CCOCC1)c1ccc(S(=O)(=O)N2CCOCC2)cc1. The van der Waals surface area contributed by atoms with E-state index < -0.39 is 10.0 Å². The van der Waals surface area contributed by atoms with Gasteiger partial charge in [0.1, 0.15) is 0 Å². The lowest BCUT2D eigenvalue weighted by Gasteiger charge is -2.34. The molecule has 32 heavy (non-hydrogen) atoms. The van der Waals surface area contributed by atoms with E-state index in [2.05, 4.69) is 21.7 Å². The first kappa shape index (κ1) is 23.5. The smallest absolute Gasteiger partial charge is 0.243 e.